The van der Waals surface area contributed by atoms with Crippen molar-refractivity contribution in [3.8, 4) is 0 Å². The number of carbonyl (C=O) groups is 1. The van der Waals surface area contributed by atoms with Crippen molar-refractivity contribution in [1.29, 1.82) is 0 Å². The van der Waals surface area contributed by atoms with Crippen LogP contribution in [0, 0.1) is 0 Å². The van der Waals surface area contributed by atoms with Gasteiger partial charge in [-0.25, -0.2) is 14.6 Å². The molecule has 0 fully saturated rings. The predicted octanol–water partition coefficient (Wildman–Crippen LogP) is 2.27. The Kier molecular flexibility index (Phi) is 4.20. The highest BCUT2D eigenvalue weighted by Gasteiger charge is 2.14. The zero-order chi connectivity index (χ0) is 17.9. The summed E-state index contributed by atoms with van der Waals surface area (Å²) in [5, 5.41) is 8.83. The molecule has 26 heavy (non-hydrogen) atoms. The molecule has 0 radical (unpaired) electrons. The molecule has 3 aromatic heterocycles. The minimum Gasteiger partial charge on any atom is -0.459 e. The van der Waals surface area contributed by atoms with E-state index in [-0.39, 0.29) is 5.76 Å². The summed E-state index contributed by atoms with van der Waals surface area (Å²) in [7, 11) is 0. The van der Waals surface area contributed by atoms with Gasteiger partial charge >= 0.3 is 5.91 Å². The summed E-state index contributed by atoms with van der Waals surface area (Å²) in [6, 6.07) is 10.6. The molecule has 0 atom stereocenters. The van der Waals surface area contributed by atoms with Crippen LogP contribution >= 0.6 is 11.6 Å². The van der Waals surface area contributed by atoms with Gasteiger partial charge in [-0.1, -0.05) is 35.0 Å². The Hall–Kier alpha value is -3.46. The van der Waals surface area contributed by atoms with E-state index in [0.717, 1.165) is 5.56 Å². The zero-order valence-corrected chi connectivity index (χ0v) is 14.0. The monoisotopic (exact) mass is 369 g/mol. The molecule has 9 nitrogen and oxygen atoms in total. The van der Waals surface area contributed by atoms with E-state index in [0.29, 0.717) is 28.5 Å². The molecule has 10 heteroatoms. The summed E-state index contributed by atoms with van der Waals surface area (Å²) < 4.78 is 6.63. The Balaban J connectivity index is 1.57. The van der Waals surface area contributed by atoms with E-state index in [4.69, 9.17) is 16.0 Å². The summed E-state index contributed by atoms with van der Waals surface area (Å²) in [4.78, 5) is 20.2. The normalized spacial score (nSPS) is 10.8. The third-order valence-electron chi connectivity index (χ3n) is 3.62. The first-order chi connectivity index (χ1) is 12.7. The average Bonchev–Trinajstić information content (AvgIpc) is 3.32. The van der Waals surface area contributed by atoms with Crippen LogP contribution in [0.15, 0.2) is 53.4 Å². The number of anilines is 1. The van der Waals surface area contributed by atoms with Crippen molar-refractivity contribution >= 4 is 34.5 Å². The third-order valence-corrected chi connectivity index (χ3v) is 3.99. The molecule has 0 aliphatic rings. The van der Waals surface area contributed by atoms with Crippen molar-refractivity contribution in [2.45, 2.75) is 6.54 Å². The maximum Gasteiger partial charge on any atom is 0.305 e. The molecule has 0 aliphatic carbocycles. The van der Waals surface area contributed by atoms with Crippen molar-refractivity contribution in [2.75, 3.05) is 5.43 Å². The van der Waals surface area contributed by atoms with E-state index in [1.165, 1.54) is 12.6 Å². The fraction of sp³-hybridized carbons (Fsp3) is 0.0625. The van der Waals surface area contributed by atoms with Gasteiger partial charge in [0.15, 0.2) is 22.7 Å². The minimum atomic E-state index is -0.440. The highest BCUT2D eigenvalue weighted by atomic mass is 35.5. The standard InChI is InChI=1S/C16H12ClN7O2/c17-11-5-2-1-4-10(11)8-24-15-13(20-23-24)14(18-9-19-15)21-22-16(25)12-6-3-7-26-12/h1-7,9H,8H2,(H,22,25)(H,18,19,21). The van der Waals surface area contributed by atoms with Crippen LogP contribution in [0.3, 0.4) is 0 Å². The van der Waals surface area contributed by atoms with E-state index in [1.807, 2.05) is 24.3 Å². The number of furan rings is 1. The Labute approximate surface area is 152 Å². The fourth-order valence-corrected chi connectivity index (χ4v) is 2.56. The Bertz CT molecular complexity index is 1060. The van der Waals surface area contributed by atoms with Crippen LogP contribution in [0.1, 0.15) is 16.1 Å². The van der Waals surface area contributed by atoms with Gasteiger partial charge in [0.1, 0.15) is 6.33 Å². The van der Waals surface area contributed by atoms with Gasteiger partial charge in [-0.2, -0.15) is 0 Å². The Morgan fingerprint density at radius 1 is 1.19 bits per heavy atom. The SMILES string of the molecule is O=C(NNc1ncnc2c1nnn2Cc1ccccc1Cl)c1ccco1. The number of aromatic nitrogens is 5. The van der Waals surface area contributed by atoms with Crippen molar-refractivity contribution < 1.29 is 9.21 Å². The molecule has 0 unspecified atom stereocenters. The summed E-state index contributed by atoms with van der Waals surface area (Å²) in [5.74, 6) is 0.0516. The van der Waals surface area contributed by atoms with Crippen LogP contribution < -0.4 is 10.9 Å². The van der Waals surface area contributed by atoms with Gasteiger partial charge in [0.05, 0.1) is 12.8 Å². The molecule has 2 N–H and O–H groups in total. The number of hydrogen-bond donors (Lipinski definition) is 2. The summed E-state index contributed by atoms with van der Waals surface area (Å²) in [6.07, 6.45) is 2.77. The second-order valence-corrected chi connectivity index (χ2v) is 5.70. The number of halogens is 1. The molecular weight excluding hydrogens is 358 g/mol. The first-order valence-electron chi connectivity index (χ1n) is 7.60. The maximum absolute atomic E-state index is 11.9. The molecule has 0 saturated heterocycles. The topological polar surface area (TPSA) is 111 Å². The largest absolute Gasteiger partial charge is 0.459 e. The lowest BCUT2D eigenvalue weighted by Crippen LogP contribution is -2.29. The Morgan fingerprint density at radius 3 is 2.88 bits per heavy atom. The number of hydrazine groups is 1. The lowest BCUT2D eigenvalue weighted by atomic mass is 10.2. The molecule has 0 spiro atoms. The zero-order valence-electron chi connectivity index (χ0n) is 13.3. The van der Waals surface area contributed by atoms with E-state index >= 15 is 0 Å². The van der Waals surface area contributed by atoms with E-state index in [9.17, 15) is 4.79 Å². The maximum atomic E-state index is 11.9. The molecule has 0 bridgehead atoms. The molecule has 3 heterocycles. The van der Waals surface area contributed by atoms with Gasteiger partial charge in [-0.15, -0.1) is 5.10 Å². The van der Waals surface area contributed by atoms with Crippen LogP contribution in [0.5, 0.6) is 0 Å². The highest BCUT2D eigenvalue weighted by molar-refractivity contribution is 6.31. The first kappa shape index (κ1) is 16.0. The van der Waals surface area contributed by atoms with Crippen LogP contribution in [0.4, 0.5) is 5.82 Å². The number of amides is 1. The number of nitrogens with one attached hydrogen (secondary N) is 2. The number of nitrogens with zero attached hydrogens (tertiary/aromatic N) is 5. The van der Waals surface area contributed by atoms with Crippen LogP contribution in [0.2, 0.25) is 5.02 Å². The van der Waals surface area contributed by atoms with Gasteiger partial charge < -0.3 is 4.42 Å². The fourth-order valence-electron chi connectivity index (χ4n) is 2.36. The molecular formula is C16H12ClN7O2. The molecule has 0 aliphatic heterocycles. The second-order valence-electron chi connectivity index (χ2n) is 5.29. The van der Waals surface area contributed by atoms with Gasteiger partial charge in [0.2, 0.25) is 0 Å². The Morgan fingerprint density at radius 2 is 2.08 bits per heavy atom. The smallest absolute Gasteiger partial charge is 0.305 e. The number of rotatable bonds is 5. The van der Waals surface area contributed by atoms with Crippen LogP contribution in [0.25, 0.3) is 11.2 Å². The second kappa shape index (κ2) is 6.81. The van der Waals surface area contributed by atoms with Gasteiger partial charge in [-0.05, 0) is 23.8 Å². The lowest BCUT2D eigenvalue weighted by molar-refractivity contribution is 0.0935. The first-order valence-corrected chi connectivity index (χ1v) is 7.97. The quantitative estimate of drug-likeness (QED) is 0.519. The molecule has 1 aromatic carbocycles. The van der Waals surface area contributed by atoms with Crippen molar-refractivity contribution in [2.24, 2.45) is 0 Å². The lowest BCUT2D eigenvalue weighted by Gasteiger charge is -2.07. The summed E-state index contributed by atoms with van der Waals surface area (Å²) in [5.41, 5.74) is 7.02. The molecule has 4 aromatic rings. The van der Waals surface area contributed by atoms with E-state index in [2.05, 4.69) is 31.1 Å². The van der Waals surface area contributed by atoms with E-state index in [1.54, 1.807) is 16.8 Å². The molecule has 0 saturated carbocycles. The van der Waals surface area contributed by atoms with Crippen molar-refractivity contribution in [3.63, 3.8) is 0 Å². The van der Waals surface area contributed by atoms with Gasteiger partial charge in [0.25, 0.3) is 0 Å². The van der Waals surface area contributed by atoms with Gasteiger partial charge in [-0.3, -0.25) is 15.6 Å². The molecule has 130 valence electrons. The van der Waals surface area contributed by atoms with Crippen molar-refractivity contribution in [1.82, 2.24) is 30.4 Å². The predicted molar refractivity (Wildman–Crippen MR) is 93.5 cm³/mol. The molecule has 1 amide bonds. The number of carbonyl (C=O) groups excluding carboxylic acids is 1. The summed E-state index contributed by atoms with van der Waals surface area (Å²) >= 11 is 6.19. The minimum absolute atomic E-state index is 0.171. The van der Waals surface area contributed by atoms with Crippen LogP contribution in [-0.2, 0) is 6.54 Å². The number of benzene rings is 1. The summed E-state index contributed by atoms with van der Waals surface area (Å²) in [6.45, 7) is 0.408. The van der Waals surface area contributed by atoms with Gasteiger partial charge in [0, 0.05) is 5.02 Å². The number of hydrogen-bond acceptors (Lipinski definition) is 7. The number of fused-ring (bicyclic) bond motifs is 1. The van der Waals surface area contributed by atoms with E-state index < -0.39 is 5.91 Å². The highest BCUT2D eigenvalue weighted by Crippen LogP contribution is 2.19. The third kappa shape index (κ3) is 3.07. The average molecular weight is 370 g/mol. The van der Waals surface area contributed by atoms with Crippen LogP contribution in [-0.4, -0.2) is 30.9 Å². The molecule has 4 rings (SSSR count). The van der Waals surface area contributed by atoms with Crippen molar-refractivity contribution in [3.05, 3.63) is 65.3 Å².